The minimum Gasteiger partial charge on any atom is -0.464 e. The average molecular weight is 254 g/mol. The molecule has 2 aromatic rings. The van der Waals surface area contributed by atoms with Crippen LogP contribution in [0.1, 0.15) is 16.7 Å². The predicted octanol–water partition coefficient (Wildman–Crippen LogP) is 3.27. The Morgan fingerprint density at radius 2 is 2.14 bits per heavy atom. The maximum atomic E-state index is 5.64. The van der Waals surface area contributed by atoms with Gasteiger partial charge in [0.15, 0.2) is 0 Å². The van der Waals surface area contributed by atoms with Crippen LogP contribution in [0.5, 0.6) is 0 Å². The van der Waals surface area contributed by atoms with Crippen molar-refractivity contribution in [1.82, 2.24) is 0 Å². The second kappa shape index (κ2) is 3.41. The Kier molecular flexibility index (Phi) is 2.37. The van der Waals surface area contributed by atoms with E-state index < -0.39 is 0 Å². The minimum atomic E-state index is 0.517. The first kappa shape index (κ1) is 9.74. The largest absolute Gasteiger partial charge is 0.464 e. The third-order valence-corrected chi connectivity index (χ3v) is 3.73. The zero-order valence-corrected chi connectivity index (χ0v) is 9.81. The van der Waals surface area contributed by atoms with E-state index in [0.717, 1.165) is 21.0 Å². The molecule has 0 fully saturated rings. The number of hydrogen-bond donors (Lipinski definition) is 1. The van der Waals surface area contributed by atoms with Gasteiger partial charge in [-0.25, -0.2) is 0 Å². The molecule has 0 aliphatic rings. The van der Waals surface area contributed by atoms with E-state index in [2.05, 4.69) is 29.8 Å². The van der Waals surface area contributed by atoms with Crippen molar-refractivity contribution >= 4 is 26.9 Å². The van der Waals surface area contributed by atoms with Gasteiger partial charge in [-0.3, -0.25) is 0 Å². The minimum absolute atomic E-state index is 0.517. The second-order valence-electron chi connectivity index (χ2n) is 3.47. The molecule has 2 rings (SSSR count). The highest BCUT2D eigenvalue weighted by Gasteiger charge is 2.11. The van der Waals surface area contributed by atoms with E-state index in [1.165, 1.54) is 11.1 Å². The Labute approximate surface area is 91.2 Å². The van der Waals surface area contributed by atoms with Gasteiger partial charge in [-0.1, -0.05) is 15.9 Å². The highest BCUT2D eigenvalue weighted by molar-refractivity contribution is 9.10. The van der Waals surface area contributed by atoms with Gasteiger partial charge in [-0.05, 0) is 31.0 Å². The van der Waals surface area contributed by atoms with Crippen molar-refractivity contribution in [3.05, 3.63) is 33.5 Å². The molecule has 0 bridgehead atoms. The highest BCUT2D eigenvalue weighted by Crippen LogP contribution is 2.32. The molecule has 0 spiro atoms. The van der Waals surface area contributed by atoms with Gasteiger partial charge in [0.1, 0.15) is 5.58 Å². The van der Waals surface area contributed by atoms with Gasteiger partial charge in [0.05, 0.1) is 6.26 Å². The topological polar surface area (TPSA) is 39.2 Å². The Bertz CT molecular complexity index is 487. The first-order chi connectivity index (χ1) is 6.65. The normalized spacial score (nSPS) is 11.1. The molecule has 0 unspecified atom stereocenters. The molecule has 74 valence electrons. The lowest BCUT2D eigenvalue weighted by Gasteiger charge is -2.04. The molecule has 2 N–H and O–H groups in total. The van der Waals surface area contributed by atoms with Crippen molar-refractivity contribution < 1.29 is 4.42 Å². The van der Waals surface area contributed by atoms with Gasteiger partial charge in [-0.15, -0.1) is 0 Å². The number of halogens is 1. The van der Waals surface area contributed by atoms with E-state index in [0.29, 0.717) is 6.54 Å². The zero-order chi connectivity index (χ0) is 10.3. The molecule has 0 aliphatic heterocycles. The van der Waals surface area contributed by atoms with Gasteiger partial charge in [-0.2, -0.15) is 0 Å². The summed E-state index contributed by atoms with van der Waals surface area (Å²) in [6.45, 7) is 4.65. The van der Waals surface area contributed by atoms with Gasteiger partial charge >= 0.3 is 0 Å². The summed E-state index contributed by atoms with van der Waals surface area (Å²) in [5.41, 5.74) is 10.0. The summed E-state index contributed by atoms with van der Waals surface area (Å²) < 4.78 is 6.60. The summed E-state index contributed by atoms with van der Waals surface area (Å²) in [5.74, 6) is 0. The first-order valence-electron chi connectivity index (χ1n) is 4.51. The van der Waals surface area contributed by atoms with E-state index in [1.54, 1.807) is 6.26 Å². The van der Waals surface area contributed by atoms with Crippen LogP contribution in [0.2, 0.25) is 0 Å². The average Bonchev–Trinajstić information content (AvgIpc) is 2.57. The van der Waals surface area contributed by atoms with E-state index in [9.17, 15) is 0 Å². The molecule has 0 saturated carbocycles. The van der Waals surface area contributed by atoms with Crippen LogP contribution in [0.15, 0.2) is 21.2 Å². The van der Waals surface area contributed by atoms with E-state index >= 15 is 0 Å². The van der Waals surface area contributed by atoms with Crippen LogP contribution in [0, 0.1) is 13.8 Å². The van der Waals surface area contributed by atoms with Crippen LogP contribution in [0.3, 0.4) is 0 Å². The van der Waals surface area contributed by atoms with Crippen molar-refractivity contribution in [3.63, 3.8) is 0 Å². The number of nitrogens with two attached hydrogens (primary N) is 1. The molecule has 1 aromatic heterocycles. The molecule has 14 heavy (non-hydrogen) atoms. The van der Waals surface area contributed by atoms with Gasteiger partial charge in [0.25, 0.3) is 0 Å². The lowest BCUT2D eigenvalue weighted by Crippen LogP contribution is -1.95. The quantitative estimate of drug-likeness (QED) is 0.848. The summed E-state index contributed by atoms with van der Waals surface area (Å²) in [6, 6.07) is 2.03. The molecule has 0 atom stereocenters. The number of benzene rings is 1. The summed E-state index contributed by atoms with van der Waals surface area (Å²) in [7, 11) is 0. The van der Waals surface area contributed by atoms with E-state index in [-0.39, 0.29) is 0 Å². The van der Waals surface area contributed by atoms with Crippen LogP contribution in [0.4, 0.5) is 0 Å². The monoisotopic (exact) mass is 253 g/mol. The van der Waals surface area contributed by atoms with Crippen molar-refractivity contribution in [2.45, 2.75) is 20.4 Å². The Hall–Kier alpha value is -0.800. The summed E-state index contributed by atoms with van der Waals surface area (Å²) in [4.78, 5) is 0. The standard InChI is InChI=1S/C11H12BrNO/c1-6-3-9-10(7(2)11(6)12)8(4-13)5-14-9/h3,5H,4,13H2,1-2H3. The first-order valence-corrected chi connectivity index (χ1v) is 5.30. The molecule has 1 heterocycles. The van der Waals surface area contributed by atoms with Crippen molar-refractivity contribution in [3.8, 4) is 0 Å². The fourth-order valence-corrected chi connectivity index (χ4v) is 2.07. The second-order valence-corrected chi connectivity index (χ2v) is 4.26. The molecule has 0 amide bonds. The molecule has 1 aromatic carbocycles. The van der Waals surface area contributed by atoms with E-state index in [1.807, 2.05) is 6.07 Å². The van der Waals surface area contributed by atoms with E-state index in [4.69, 9.17) is 10.2 Å². The van der Waals surface area contributed by atoms with Crippen molar-refractivity contribution in [2.24, 2.45) is 5.73 Å². The Morgan fingerprint density at radius 3 is 2.79 bits per heavy atom. The summed E-state index contributed by atoms with van der Waals surface area (Å²) >= 11 is 3.57. The van der Waals surface area contributed by atoms with Crippen molar-refractivity contribution in [1.29, 1.82) is 0 Å². The Balaban J connectivity index is 2.88. The molecule has 0 saturated heterocycles. The maximum Gasteiger partial charge on any atom is 0.134 e. The van der Waals surface area contributed by atoms with Gasteiger partial charge < -0.3 is 10.2 Å². The molecule has 0 radical (unpaired) electrons. The Morgan fingerprint density at radius 1 is 1.43 bits per heavy atom. The van der Waals surface area contributed by atoms with Crippen LogP contribution >= 0.6 is 15.9 Å². The fraction of sp³-hybridized carbons (Fsp3) is 0.273. The molecule has 2 nitrogen and oxygen atoms in total. The molecular weight excluding hydrogens is 242 g/mol. The molecule has 0 aliphatic carbocycles. The van der Waals surface area contributed by atoms with Crippen LogP contribution < -0.4 is 5.73 Å². The molecular formula is C11H12BrNO. The highest BCUT2D eigenvalue weighted by atomic mass is 79.9. The lowest BCUT2D eigenvalue weighted by molar-refractivity contribution is 0.610. The fourth-order valence-electron chi connectivity index (χ4n) is 1.76. The SMILES string of the molecule is Cc1cc2occ(CN)c2c(C)c1Br. The van der Waals surface area contributed by atoms with Crippen molar-refractivity contribution in [2.75, 3.05) is 0 Å². The summed E-state index contributed by atoms with van der Waals surface area (Å²) in [5, 5.41) is 1.14. The predicted molar refractivity (Wildman–Crippen MR) is 61.3 cm³/mol. The van der Waals surface area contributed by atoms with Gasteiger partial charge in [0, 0.05) is 22.0 Å². The smallest absolute Gasteiger partial charge is 0.134 e. The number of fused-ring (bicyclic) bond motifs is 1. The number of aryl methyl sites for hydroxylation is 2. The number of hydrogen-bond acceptors (Lipinski definition) is 2. The maximum absolute atomic E-state index is 5.64. The molecule has 3 heteroatoms. The van der Waals surface area contributed by atoms with Gasteiger partial charge in [0.2, 0.25) is 0 Å². The third-order valence-electron chi connectivity index (χ3n) is 2.51. The third kappa shape index (κ3) is 1.28. The summed E-state index contributed by atoms with van der Waals surface area (Å²) in [6.07, 6.45) is 1.74. The van der Waals surface area contributed by atoms with Crippen LogP contribution in [-0.4, -0.2) is 0 Å². The van der Waals surface area contributed by atoms with Crippen LogP contribution in [0.25, 0.3) is 11.0 Å². The number of rotatable bonds is 1. The van der Waals surface area contributed by atoms with Crippen LogP contribution in [-0.2, 0) is 6.54 Å². The number of furan rings is 1. The zero-order valence-electron chi connectivity index (χ0n) is 8.23. The lowest BCUT2D eigenvalue weighted by atomic mass is 10.0.